The molecule has 1 atom stereocenters. The number of esters is 1. The van der Waals surface area contributed by atoms with Crippen LogP contribution in [0.2, 0.25) is 10.0 Å². The van der Waals surface area contributed by atoms with E-state index in [0.29, 0.717) is 40.9 Å². The number of nitrogens with two attached hydrogens (primary N) is 1. The van der Waals surface area contributed by atoms with Gasteiger partial charge in [0.15, 0.2) is 0 Å². The van der Waals surface area contributed by atoms with Crippen molar-refractivity contribution >= 4 is 46.5 Å². The van der Waals surface area contributed by atoms with Crippen LogP contribution in [-0.4, -0.2) is 34.6 Å². The fraction of sp³-hybridized carbons (Fsp3) is 0.455. The van der Waals surface area contributed by atoms with Crippen molar-refractivity contribution in [2.24, 2.45) is 11.7 Å². The van der Waals surface area contributed by atoms with E-state index < -0.39 is 10.5 Å². The van der Waals surface area contributed by atoms with E-state index in [4.69, 9.17) is 33.7 Å². The third-order valence-corrected chi connectivity index (χ3v) is 5.30. The zero-order valence-electron chi connectivity index (χ0n) is 18.9. The van der Waals surface area contributed by atoms with Gasteiger partial charge in [-0.25, -0.2) is 4.98 Å². The van der Waals surface area contributed by atoms with Crippen LogP contribution in [0, 0.1) is 16.0 Å². The number of carbonyl (C=O) groups excluding carboxylic acids is 1. The number of hydrogen-bond acceptors (Lipinski definition) is 8. The van der Waals surface area contributed by atoms with Gasteiger partial charge in [0, 0.05) is 34.8 Å². The monoisotopic (exact) mass is 497 g/mol. The highest BCUT2D eigenvalue weighted by atomic mass is 35.5. The van der Waals surface area contributed by atoms with Crippen LogP contribution < -0.4 is 16.4 Å². The van der Waals surface area contributed by atoms with Crippen molar-refractivity contribution in [1.29, 1.82) is 0 Å². The number of pyridine rings is 1. The maximum atomic E-state index is 12.2. The topological polar surface area (TPSA) is 132 Å². The maximum absolute atomic E-state index is 12.2. The average molecular weight is 498 g/mol. The zero-order chi connectivity index (χ0) is 24.6. The van der Waals surface area contributed by atoms with Crippen LogP contribution in [-0.2, 0) is 16.1 Å². The highest BCUT2D eigenvalue weighted by Gasteiger charge is 2.21. The maximum Gasteiger partial charge on any atom is 0.311 e. The second-order valence-corrected chi connectivity index (χ2v) is 9.30. The first-order valence-electron chi connectivity index (χ1n) is 10.5. The number of rotatable bonds is 11. The molecule has 1 aromatic carbocycles. The number of nitrogens with zero attached hydrogens (tertiary/aromatic N) is 2. The molecule has 0 bridgehead atoms. The number of nitrogens with one attached hydrogen (secondary N) is 2. The minimum Gasteiger partial charge on any atom is -0.460 e. The van der Waals surface area contributed by atoms with E-state index >= 15 is 0 Å². The number of aromatic nitrogens is 1. The van der Waals surface area contributed by atoms with Gasteiger partial charge >= 0.3 is 11.7 Å². The fourth-order valence-corrected chi connectivity index (χ4v) is 3.61. The van der Waals surface area contributed by atoms with E-state index in [0.717, 1.165) is 0 Å². The predicted octanol–water partition coefficient (Wildman–Crippen LogP) is 5.02. The summed E-state index contributed by atoms with van der Waals surface area (Å²) in [5.74, 6) is 0.0987. The Hall–Kier alpha value is -2.62. The van der Waals surface area contributed by atoms with E-state index in [1.807, 2.05) is 20.8 Å². The van der Waals surface area contributed by atoms with Gasteiger partial charge in [0.25, 0.3) is 0 Å². The van der Waals surface area contributed by atoms with Crippen molar-refractivity contribution in [1.82, 2.24) is 4.98 Å². The molecule has 0 fully saturated rings. The Morgan fingerprint density at radius 2 is 1.88 bits per heavy atom. The second-order valence-electron chi connectivity index (χ2n) is 8.49. The smallest absolute Gasteiger partial charge is 0.311 e. The predicted molar refractivity (Wildman–Crippen MR) is 131 cm³/mol. The number of hydrogen-bond donors (Lipinski definition) is 3. The van der Waals surface area contributed by atoms with Crippen molar-refractivity contribution in [2.45, 2.75) is 45.8 Å². The number of benzene rings is 1. The molecule has 2 rings (SSSR count). The molecule has 33 heavy (non-hydrogen) atoms. The van der Waals surface area contributed by atoms with Crippen molar-refractivity contribution < 1.29 is 14.5 Å². The summed E-state index contributed by atoms with van der Waals surface area (Å²) in [7, 11) is 0. The van der Waals surface area contributed by atoms with Crippen molar-refractivity contribution in [3.05, 3.63) is 56.1 Å². The summed E-state index contributed by atoms with van der Waals surface area (Å²) in [6.07, 6.45) is 0.805. The molecular weight excluding hydrogens is 469 g/mol. The summed E-state index contributed by atoms with van der Waals surface area (Å²) in [5, 5.41) is 18.4. The van der Waals surface area contributed by atoms with Gasteiger partial charge in [0.2, 0.25) is 5.82 Å². The van der Waals surface area contributed by atoms with E-state index in [2.05, 4.69) is 15.6 Å². The van der Waals surface area contributed by atoms with Crippen LogP contribution in [0.25, 0.3) is 0 Å². The largest absolute Gasteiger partial charge is 0.460 e. The van der Waals surface area contributed by atoms with Gasteiger partial charge in [0.05, 0.1) is 11.3 Å². The number of halogens is 2. The molecule has 4 N–H and O–H groups in total. The number of carbonyl (C=O) groups is 1. The van der Waals surface area contributed by atoms with E-state index in [1.54, 1.807) is 18.2 Å². The molecule has 0 saturated carbocycles. The molecule has 2 aromatic rings. The third kappa shape index (κ3) is 8.68. The standard InChI is InChI=1S/C22H29Cl2N5O4/c1-22(2,3)33-20(30)11-14(9-10-25)12-26-19-8-7-18(29(31)32)21(28-19)27-13-15-16(23)5-4-6-17(15)24/h4-8,14H,9-13,25H2,1-3H3,(H2,26,27,28)/t14-/m1/s1. The summed E-state index contributed by atoms with van der Waals surface area (Å²) in [6, 6.07) is 7.96. The molecule has 0 unspecified atom stereocenters. The van der Waals surface area contributed by atoms with E-state index in [9.17, 15) is 14.9 Å². The molecule has 0 amide bonds. The first-order chi connectivity index (χ1) is 15.5. The minimum atomic E-state index is -0.567. The lowest BCUT2D eigenvalue weighted by atomic mass is 10.0. The minimum absolute atomic E-state index is 0.0727. The molecule has 0 aliphatic carbocycles. The van der Waals surface area contributed by atoms with E-state index in [-0.39, 0.29) is 36.4 Å². The summed E-state index contributed by atoms with van der Waals surface area (Å²) in [5.41, 5.74) is 5.55. The zero-order valence-corrected chi connectivity index (χ0v) is 20.4. The molecule has 9 nitrogen and oxygen atoms in total. The summed E-state index contributed by atoms with van der Waals surface area (Å²) < 4.78 is 5.39. The summed E-state index contributed by atoms with van der Waals surface area (Å²) in [6.45, 7) is 6.40. The van der Waals surface area contributed by atoms with Crippen LogP contribution in [0.15, 0.2) is 30.3 Å². The van der Waals surface area contributed by atoms with Crippen molar-refractivity contribution in [3.63, 3.8) is 0 Å². The highest BCUT2D eigenvalue weighted by Crippen LogP contribution is 2.28. The van der Waals surface area contributed by atoms with Crippen LogP contribution in [0.4, 0.5) is 17.3 Å². The Labute approximate surface area is 203 Å². The number of ether oxygens (including phenoxy) is 1. The highest BCUT2D eigenvalue weighted by molar-refractivity contribution is 6.36. The molecule has 0 radical (unpaired) electrons. The average Bonchev–Trinajstić information content (AvgIpc) is 2.70. The fourth-order valence-electron chi connectivity index (χ4n) is 3.08. The van der Waals surface area contributed by atoms with Crippen LogP contribution in [0.3, 0.4) is 0 Å². The van der Waals surface area contributed by atoms with Crippen LogP contribution >= 0.6 is 23.2 Å². The number of anilines is 2. The Kier molecular flexibility index (Phi) is 9.70. The van der Waals surface area contributed by atoms with Gasteiger partial charge in [-0.3, -0.25) is 14.9 Å². The Bertz CT molecular complexity index is 961. The molecule has 0 saturated heterocycles. The quantitative estimate of drug-likeness (QED) is 0.224. The van der Waals surface area contributed by atoms with Gasteiger partial charge in [-0.15, -0.1) is 0 Å². The Morgan fingerprint density at radius 3 is 2.45 bits per heavy atom. The second kappa shape index (κ2) is 12.0. The molecule has 0 aliphatic rings. The van der Waals surface area contributed by atoms with Gasteiger partial charge in [-0.05, 0) is 57.9 Å². The molecule has 0 aliphatic heterocycles. The summed E-state index contributed by atoms with van der Waals surface area (Å²) >= 11 is 12.4. The Balaban J connectivity index is 2.11. The third-order valence-electron chi connectivity index (χ3n) is 4.59. The Morgan fingerprint density at radius 1 is 1.21 bits per heavy atom. The van der Waals surface area contributed by atoms with Gasteiger partial charge in [-0.2, -0.15) is 0 Å². The lowest BCUT2D eigenvalue weighted by molar-refractivity contribution is -0.384. The van der Waals surface area contributed by atoms with E-state index in [1.165, 1.54) is 12.1 Å². The van der Waals surface area contributed by atoms with Crippen LogP contribution in [0.5, 0.6) is 0 Å². The van der Waals surface area contributed by atoms with Crippen LogP contribution in [0.1, 0.15) is 39.2 Å². The molecule has 1 aromatic heterocycles. The number of nitro groups is 1. The molecule has 180 valence electrons. The molecule has 0 spiro atoms. The lowest BCUT2D eigenvalue weighted by Crippen LogP contribution is -2.28. The lowest BCUT2D eigenvalue weighted by Gasteiger charge is -2.22. The summed E-state index contributed by atoms with van der Waals surface area (Å²) in [4.78, 5) is 27.5. The molecular formula is C22H29Cl2N5O4. The molecule has 1 heterocycles. The SMILES string of the molecule is CC(C)(C)OC(=O)C[C@@H](CCN)CNc1ccc([N+](=O)[O-])c(NCc2c(Cl)cccc2Cl)n1. The normalized spacial score (nSPS) is 12.2. The first kappa shape index (κ1) is 26.6. The van der Waals surface area contributed by atoms with Crippen molar-refractivity contribution in [2.75, 3.05) is 23.7 Å². The van der Waals surface area contributed by atoms with Gasteiger partial charge in [-0.1, -0.05) is 29.3 Å². The first-order valence-corrected chi connectivity index (χ1v) is 11.2. The van der Waals surface area contributed by atoms with Crippen molar-refractivity contribution in [3.8, 4) is 0 Å². The van der Waals surface area contributed by atoms with Gasteiger partial charge in [0.1, 0.15) is 11.4 Å². The molecule has 11 heteroatoms. The van der Waals surface area contributed by atoms with Gasteiger partial charge < -0.3 is 21.1 Å².